The Morgan fingerprint density at radius 2 is 1.76 bits per heavy atom. The number of likely N-dealkylation sites (tertiary alicyclic amines) is 1. The van der Waals surface area contributed by atoms with Crippen molar-refractivity contribution in [2.24, 2.45) is 5.41 Å². The topological polar surface area (TPSA) is 88.1 Å². The van der Waals surface area contributed by atoms with Crippen molar-refractivity contribution in [3.8, 4) is 5.75 Å². The maximum Gasteiger partial charge on any atom is 0.407 e. The minimum Gasteiger partial charge on any atom is -0.489 e. The SMILES string of the molecule is COC(=O)c1ccc(/C=C(/CNC2CCN(C(=O)O)C2C(C)(C)C)COc2cccc3ccccc23)cc1. The lowest BCUT2D eigenvalue weighted by Crippen LogP contribution is -2.52. The molecule has 2 unspecified atom stereocenters. The normalized spacial score (nSPS) is 18.0. The van der Waals surface area contributed by atoms with E-state index in [1.807, 2.05) is 42.5 Å². The number of ether oxygens (including phenoxy) is 2. The number of nitrogens with zero attached hydrogens (tertiary/aromatic N) is 1. The predicted octanol–water partition coefficient (Wildman–Crippen LogP) is 5.85. The third kappa shape index (κ3) is 6.34. The van der Waals surface area contributed by atoms with Gasteiger partial charge in [0.2, 0.25) is 0 Å². The minimum atomic E-state index is -0.880. The van der Waals surface area contributed by atoms with Crippen LogP contribution in [0.25, 0.3) is 16.8 Å². The van der Waals surface area contributed by atoms with Crippen molar-refractivity contribution >= 4 is 28.9 Å². The van der Waals surface area contributed by atoms with E-state index in [0.29, 0.717) is 25.3 Å². The number of amides is 1. The molecule has 0 saturated carbocycles. The molecule has 3 aromatic rings. The number of carbonyl (C=O) groups excluding carboxylic acids is 1. The van der Waals surface area contributed by atoms with Gasteiger partial charge < -0.3 is 24.8 Å². The summed E-state index contributed by atoms with van der Waals surface area (Å²) in [5, 5.41) is 15.5. The molecule has 3 aromatic carbocycles. The number of hydrogen-bond acceptors (Lipinski definition) is 5. The van der Waals surface area contributed by atoms with Crippen LogP contribution in [0.1, 0.15) is 43.1 Å². The molecule has 38 heavy (non-hydrogen) atoms. The van der Waals surface area contributed by atoms with Crippen molar-refractivity contribution in [3.05, 3.63) is 83.4 Å². The zero-order chi connectivity index (χ0) is 27.3. The Morgan fingerprint density at radius 3 is 2.45 bits per heavy atom. The first-order valence-electron chi connectivity index (χ1n) is 12.9. The first-order valence-corrected chi connectivity index (χ1v) is 12.9. The first kappa shape index (κ1) is 27.2. The maximum absolute atomic E-state index is 11.9. The molecule has 7 nitrogen and oxygen atoms in total. The number of rotatable bonds is 8. The molecule has 1 fully saturated rings. The molecule has 0 aliphatic carbocycles. The monoisotopic (exact) mass is 516 g/mol. The van der Waals surface area contributed by atoms with Crippen molar-refractivity contribution in [1.82, 2.24) is 10.2 Å². The third-order valence-corrected chi connectivity index (χ3v) is 6.99. The molecule has 200 valence electrons. The minimum absolute atomic E-state index is 0.0220. The fourth-order valence-corrected chi connectivity index (χ4v) is 5.26. The van der Waals surface area contributed by atoms with Crippen molar-refractivity contribution in [1.29, 1.82) is 0 Å². The van der Waals surface area contributed by atoms with Crippen LogP contribution in [0, 0.1) is 5.41 Å². The van der Waals surface area contributed by atoms with Crippen molar-refractivity contribution in [2.75, 3.05) is 26.8 Å². The second-order valence-electron chi connectivity index (χ2n) is 10.7. The van der Waals surface area contributed by atoms with Gasteiger partial charge in [-0.2, -0.15) is 0 Å². The van der Waals surface area contributed by atoms with Gasteiger partial charge in [-0.3, -0.25) is 0 Å². The quantitative estimate of drug-likeness (QED) is 0.366. The van der Waals surface area contributed by atoms with E-state index in [4.69, 9.17) is 9.47 Å². The van der Waals surface area contributed by atoms with Gasteiger partial charge in [-0.05, 0) is 46.6 Å². The molecule has 2 N–H and O–H groups in total. The lowest BCUT2D eigenvalue weighted by atomic mass is 9.82. The summed E-state index contributed by atoms with van der Waals surface area (Å²) in [6, 6.07) is 21.2. The van der Waals surface area contributed by atoms with Gasteiger partial charge >= 0.3 is 12.1 Å². The summed E-state index contributed by atoms with van der Waals surface area (Å²) in [5.74, 6) is 0.430. The highest BCUT2D eigenvalue weighted by Gasteiger charge is 2.43. The molecule has 1 heterocycles. The number of nitrogens with one attached hydrogen (secondary N) is 1. The third-order valence-electron chi connectivity index (χ3n) is 6.99. The summed E-state index contributed by atoms with van der Waals surface area (Å²) in [6.45, 7) is 7.64. The molecule has 1 saturated heterocycles. The molecule has 1 aliphatic heterocycles. The summed E-state index contributed by atoms with van der Waals surface area (Å²) in [4.78, 5) is 25.3. The van der Waals surface area contributed by atoms with Crippen molar-refractivity contribution in [3.63, 3.8) is 0 Å². The van der Waals surface area contributed by atoms with E-state index >= 15 is 0 Å². The number of benzene rings is 3. The van der Waals surface area contributed by atoms with Gasteiger partial charge in [0.05, 0.1) is 18.7 Å². The summed E-state index contributed by atoms with van der Waals surface area (Å²) in [5.41, 5.74) is 2.22. The summed E-state index contributed by atoms with van der Waals surface area (Å²) in [7, 11) is 1.36. The predicted molar refractivity (Wildman–Crippen MR) is 150 cm³/mol. The lowest BCUT2D eigenvalue weighted by Gasteiger charge is -2.37. The van der Waals surface area contributed by atoms with E-state index in [9.17, 15) is 14.7 Å². The number of carbonyl (C=O) groups is 2. The number of esters is 1. The van der Waals surface area contributed by atoms with E-state index in [1.165, 1.54) is 7.11 Å². The van der Waals surface area contributed by atoms with Crippen molar-refractivity contribution < 1.29 is 24.2 Å². The van der Waals surface area contributed by atoms with Crippen LogP contribution in [-0.4, -0.2) is 61.0 Å². The highest BCUT2D eigenvalue weighted by Crippen LogP contribution is 2.33. The Hall–Kier alpha value is -3.84. The molecular weight excluding hydrogens is 480 g/mol. The Kier molecular flexibility index (Phi) is 8.37. The maximum atomic E-state index is 11.9. The van der Waals surface area contributed by atoms with Crippen LogP contribution in [0.15, 0.2) is 72.3 Å². The largest absolute Gasteiger partial charge is 0.489 e. The summed E-state index contributed by atoms with van der Waals surface area (Å²) >= 11 is 0. The molecule has 2 atom stereocenters. The molecule has 1 aliphatic rings. The van der Waals surface area contributed by atoms with Gasteiger partial charge in [0.1, 0.15) is 12.4 Å². The Labute approximate surface area is 224 Å². The summed E-state index contributed by atoms with van der Waals surface area (Å²) in [6.07, 6.45) is 1.92. The van der Waals surface area contributed by atoms with Gasteiger partial charge in [0.25, 0.3) is 0 Å². The van der Waals surface area contributed by atoms with E-state index in [2.05, 4.69) is 44.3 Å². The highest BCUT2D eigenvalue weighted by molar-refractivity contribution is 5.89. The van der Waals surface area contributed by atoms with Gasteiger partial charge in [0, 0.05) is 24.5 Å². The molecule has 0 bridgehead atoms. The van der Waals surface area contributed by atoms with Gasteiger partial charge in [-0.1, -0.05) is 75.4 Å². The fraction of sp³-hybridized carbons (Fsp3) is 0.355. The van der Waals surface area contributed by atoms with Crippen LogP contribution in [-0.2, 0) is 4.74 Å². The first-order chi connectivity index (χ1) is 18.2. The highest BCUT2D eigenvalue weighted by atomic mass is 16.5. The molecule has 7 heteroatoms. The van der Waals surface area contributed by atoms with Gasteiger partial charge in [0.15, 0.2) is 0 Å². The van der Waals surface area contributed by atoms with E-state index in [-0.39, 0.29) is 23.5 Å². The molecular formula is C31H36N2O5. The molecule has 4 rings (SSSR count). The van der Waals surface area contributed by atoms with Crippen LogP contribution >= 0.6 is 0 Å². The zero-order valence-corrected chi connectivity index (χ0v) is 22.4. The Morgan fingerprint density at radius 1 is 1.05 bits per heavy atom. The zero-order valence-electron chi connectivity index (χ0n) is 22.4. The number of fused-ring (bicyclic) bond motifs is 1. The smallest absolute Gasteiger partial charge is 0.407 e. The standard InChI is InChI=1S/C31H36N2O5/c1-31(2,3)28-26(16-17-33(28)30(35)36)32-19-22(18-21-12-14-24(15-13-21)29(34)37-4)20-38-27-11-7-9-23-8-5-6-10-25(23)27/h5-15,18,26,28,32H,16-17,19-20H2,1-4H3,(H,35,36)/b22-18-. The van der Waals surface area contributed by atoms with Gasteiger partial charge in [-0.15, -0.1) is 0 Å². The number of hydrogen-bond donors (Lipinski definition) is 2. The fourth-order valence-electron chi connectivity index (χ4n) is 5.26. The van der Waals surface area contributed by atoms with E-state index < -0.39 is 6.09 Å². The Bertz CT molecular complexity index is 1300. The second-order valence-corrected chi connectivity index (χ2v) is 10.7. The van der Waals surface area contributed by atoms with E-state index in [0.717, 1.165) is 34.1 Å². The van der Waals surface area contributed by atoms with Crippen LogP contribution in [0.5, 0.6) is 5.75 Å². The molecule has 0 spiro atoms. The molecule has 0 radical (unpaired) electrons. The molecule has 0 aromatic heterocycles. The Balaban J connectivity index is 1.56. The average Bonchev–Trinajstić information content (AvgIpc) is 3.35. The van der Waals surface area contributed by atoms with Crippen LogP contribution in [0.3, 0.4) is 0 Å². The van der Waals surface area contributed by atoms with E-state index in [1.54, 1.807) is 17.0 Å². The number of carboxylic acid groups (broad SMARTS) is 1. The van der Waals surface area contributed by atoms with Gasteiger partial charge in [-0.25, -0.2) is 9.59 Å². The van der Waals surface area contributed by atoms with Crippen LogP contribution < -0.4 is 10.1 Å². The van der Waals surface area contributed by atoms with Crippen molar-refractivity contribution in [2.45, 2.75) is 39.3 Å². The lowest BCUT2D eigenvalue weighted by molar-refractivity contribution is 0.0600. The summed E-state index contributed by atoms with van der Waals surface area (Å²) < 4.78 is 11.1. The van der Waals surface area contributed by atoms with Crippen LogP contribution in [0.4, 0.5) is 4.79 Å². The van der Waals surface area contributed by atoms with Crippen LogP contribution in [0.2, 0.25) is 0 Å². The average molecular weight is 517 g/mol. The molecule has 1 amide bonds. The second kappa shape index (κ2) is 11.7. The number of methoxy groups -OCH3 is 1.